The number of rotatable bonds is 4. The van der Waals surface area contributed by atoms with E-state index in [2.05, 4.69) is 5.32 Å². The first kappa shape index (κ1) is 14.1. The molecule has 0 saturated carbocycles. The second-order valence-corrected chi connectivity index (χ2v) is 4.30. The van der Waals surface area contributed by atoms with Gasteiger partial charge in [-0.15, -0.1) is 0 Å². The van der Waals surface area contributed by atoms with Crippen molar-refractivity contribution >= 4 is 5.91 Å². The van der Waals surface area contributed by atoms with Crippen LogP contribution in [-0.4, -0.2) is 5.91 Å². The summed E-state index contributed by atoms with van der Waals surface area (Å²) in [6.45, 7) is 3.36. The van der Waals surface area contributed by atoms with Crippen molar-refractivity contribution in [2.75, 3.05) is 0 Å². The third-order valence-electron chi connectivity index (χ3n) is 2.55. The molecule has 0 spiro atoms. The number of nitrogens with one attached hydrogen (secondary N) is 1. The van der Waals surface area contributed by atoms with Crippen molar-refractivity contribution in [3.05, 3.63) is 35.4 Å². The Kier molecular flexibility index (Phi) is 4.78. The first-order valence-electron chi connectivity index (χ1n) is 5.57. The number of halogens is 2. The fourth-order valence-corrected chi connectivity index (χ4v) is 1.48. The maximum Gasteiger partial charge on any atom is 0.237 e. The zero-order chi connectivity index (χ0) is 13.7. The first-order valence-corrected chi connectivity index (χ1v) is 5.57. The molecule has 1 aromatic carbocycles. The molecule has 0 fully saturated rings. The zero-order valence-electron chi connectivity index (χ0n) is 10.2. The van der Waals surface area contributed by atoms with Crippen LogP contribution in [0, 0.1) is 34.8 Å². The van der Waals surface area contributed by atoms with E-state index in [-0.39, 0.29) is 18.0 Å². The van der Waals surface area contributed by atoms with E-state index in [1.165, 1.54) is 0 Å². The molecule has 3 nitrogen and oxygen atoms in total. The molecule has 0 bridgehead atoms. The molecule has 1 N–H and O–H groups in total. The maximum atomic E-state index is 13.3. The van der Waals surface area contributed by atoms with Gasteiger partial charge in [0.2, 0.25) is 5.91 Å². The van der Waals surface area contributed by atoms with Crippen LogP contribution in [0.5, 0.6) is 0 Å². The summed E-state index contributed by atoms with van der Waals surface area (Å²) in [5.74, 6) is -2.55. The number of carbonyl (C=O) groups excluding carboxylic acids is 1. The lowest BCUT2D eigenvalue weighted by molar-refractivity contribution is -0.124. The van der Waals surface area contributed by atoms with E-state index in [1.807, 2.05) is 6.07 Å². The van der Waals surface area contributed by atoms with Crippen molar-refractivity contribution in [1.29, 1.82) is 5.26 Å². The fourth-order valence-electron chi connectivity index (χ4n) is 1.48. The Morgan fingerprint density at radius 1 is 1.44 bits per heavy atom. The topological polar surface area (TPSA) is 52.9 Å². The Morgan fingerprint density at radius 2 is 2.11 bits per heavy atom. The van der Waals surface area contributed by atoms with Crippen LogP contribution >= 0.6 is 0 Å². The number of hydrogen-bond acceptors (Lipinski definition) is 2. The van der Waals surface area contributed by atoms with Gasteiger partial charge in [-0.05, 0) is 24.1 Å². The minimum Gasteiger partial charge on any atom is -0.351 e. The molecule has 5 heteroatoms. The van der Waals surface area contributed by atoms with Crippen molar-refractivity contribution in [1.82, 2.24) is 5.32 Å². The minimum absolute atomic E-state index is 0.0591. The predicted molar refractivity (Wildman–Crippen MR) is 62.1 cm³/mol. The van der Waals surface area contributed by atoms with Gasteiger partial charge in [0.15, 0.2) is 0 Å². The predicted octanol–water partition coefficient (Wildman–Crippen LogP) is 2.38. The molecular formula is C13H14F2N2O. The molecule has 0 aliphatic carbocycles. The highest BCUT2D eigenvalue weighted by atomic mass is 19.1. The number of benzene rings is 1. The molecule has 0 saturated heterocycles. The molecule has 0 aliphatic rings. The van der Waals surface area contributed by atoms with Gasteiger partial charge in [0.25, 0.3) is 0 Å². The molecule has 0 aliphatic heterocycles. The molecule has 1 amide bonds. The quantitative estimate of drug-likeness (QED) is 0.894. The van der Waals surface area contributed by atoms with Crippen LogP contribution in [0.3, 0.4) is 0 Å². The van der Waals surface area contributed by atoms with Gasteiger partial charge in [0, 0.05) is 12.1 Å². The molecule has 1 aromatic rings. The SMILES string of the molecule is CC(C)C(C#N)C(=O)NCc1cc(F)ccc1F. The Hall–Kier alpha value is -1.96. The van der Waals surface area contributed by atoms with Crippen LogP contribution < -0.4 is 5.32 Å². The molecule has 96 valence electrons. The van der Waals surface area contributed by atoms with Gasteiger partial charge < -0.3 is 5.32 Å². The third-order valence-corrected chi connectivity index (χ3v) is 2.55. The number of amides is 1. The van der Waals surface area contributed by atoms with Crippen molar-refractivity contribution in [3.8, 4) is 6.07 Å². The number of nitrogens with zero attached hydrogens (tertiary/aromatic N) is 1. The fraction of sp³-hybridized carbons (Fsp3) is 0.385. The van der Waals surface area contributed by atoms with Crippen molar-refractivity contribution in [3.63, 3.8) is 0 Å². The number of nitriles is 1. The molecule has 0 radical (unpaired) electrons. The first-order chi connectivity index (χ1) is 8.45. The minimum atomic E-state index is -0.790. The lowest BCUT2D eigenvalue weighted by Gasteiger charge is -2.13. The van der Waals surface area contributed by atoms with Gasteiger partial charge in [-0.25, -0.2) is 8.78 Å². The standard InChI is InChI=1S/C13H14F2N2O/c1-8(2)11(6-16)13(18)17-7-9-5-10(14)3-4-12(9)15/h3-5,8,11H,7H2,1-2H3,(H,17,18). The Labute approximate surface area is 104 Å². The second kappa shape index (κ2) is 6.10. The van der Waals surface area contributed by atoms with Gasteiger partial charge in [-0.2, -0.15) is 5.26 Å². The summed E-state index contributed by atoms with van der Waals surface area (Å²) in [6, 6.07) is 4.91. The summed E-state index contributed by atoms with van der Waals surface area (Å²) in [5, 5.41) is 11.2. The average molecular weight is 252 g/mol. The van der Waals surface area contributed by atoms with E-state index in [1.54, 1.807) is 13.8 Å². The van der Waals surface area contributed by atoms with Gasteiger partial charge >= 0.3 is 0 Å². The Morgan fingerprint density at radius 3 is 2.67 bits per heavy atom. The summed E-state index contributed by atoms with van der Waals surface area (Å²) in [6.07, 6.45) is 0. The van der Waals surface area contributed by atoms with Crippen LogP contribution in [0.2, 0.25) is 0 Å². The summed E-state index contributed by atoms with van der Waals surface area (Å²) < 4.78 is 26.2. The van der Waals surface area contributed by atoms with Crippen LogP contribution in [0.4, 0.5) is 8.78 Å². The molecule has 1 atom stereocenters. The number of carbonyl (C=O) groups is 1. The second-order valence-electron chi connectivity index (χ2n) is 4.30. The lowest BCUT2D eigenvalue weighted by Crippen LogP contribution is -2.32. The normalized spacial score (nSPS) is 12.0. The highest BCUT2D eigenvalue weighted by Gasteiger charge is 2.21. The zero-order valence-corrected chi connectivity index (χ0v) is 10.2. The summed E-state index contributed by atoms with van der Waals surface area (Å²) in [4.78, 5) is 11.6. The van der Waals surface area contributed by atoms with E-state index in [9.17, 15) is 13.6 Å². The van der Waals surface area contributed by atoms with E-state index in [0.717, 1.165) is 18.2 Å². The number of hydrogen-bond donors (Lipinski definition) is 1. The maximum absolute atomic E-state index is 13.3. The summed E-state index contributed by atoms with van der Waals surface area (Å²) in [5.41, 5.74) is 0.0591. The van der Waals surface area contributed by atoms with Gasteiger partial charge in [-0.1, -0.05) is 13.8 Å². The average Bonchev–Trinajstić information content (AvgIpc) is 2.30. The molecule has 0 heterocycles. The molecule has 1 unspecified atom stereocenters. The third kappa shape index (κ3) is 3.52. The summed E-state index contributed by atoms with van der Waals surface area (Å²) in [7, 11) is 0. The monoisotopic (exact) mass is 252 g/mol. The van der Waals surface area contributed by atoms with Crippen LogP contribution in [0.1, 0.15) is 19.4 Å². The largest absolute Gasteiger partial charge is 0.351 e. The molecular weight excluding hydrogens is 238 g/mol. The Balaban J connectivity index is 2.68. The van der Waals surface area contributed by atoms with E-state index in [0.29, 0.717) is 0 Å². The molecule has 0 aromatic heterocycles. The van der Waals surface area contributed by atoms with Crippen molar-refractivity contribution < 1.29 is 13.6 Å². The van der Waals surface area contributed by atoms with Crippen molar-refractivity contribution in [2.24, 2.45) is 11.8 Å². The van der Waals surface area contributed by atoms with Crippen molar-refractivity contribution in [2.45, 2.75) is 20.4 Å². The van der Waals surface area contributed by atoms with Gasteiger partial charge in [-0.3, -0.25) is 4.79 Å². The highest BCUT2D eigenvalue weighted by Crippen LogP contribution is 2.12. The Bertz CT molecular complexity index is 480. The van der Waals surface area contributed by atoms with E-state index >= 15 is 0 Å². The van der Waals surface area contributed by atoms with Crippen LogP contribution in [-0.2, 0) is 11.3 Å². The van der Waals surface area contributed by atoms with Crippen LogP contribution in [0.15, 0.2) is 18.2 Å². The summed E-state index contributed by atoms with van der Waals surface area (Å²) >= 11 is 0. The van der Waals surface area contributed by atoms with Crippen LogP contribution in [0.25, 0.3) is 0 Å². The molecule has 1 rings (SSSR count). The smallest absolute Gasteiger partial charge is 0.237 e. The molecule has 18 heavy (non-hydrogen) atoms. The van der Waals surface area contributed by atoms with Gasteiger partial charge in [0.1, 0.15) is 17.6 Å². The van der Waals surface area contributed by atoms with E-state index < -0.39 is 23.5 Å². The van der Waals surface area contributed by atoms with Gasteiger partial charge in [0.05, 0.1) is 6.07 Å². The highest BCUT2D eigenvalue weighted by molar-refractivity contribution is 5.81. The van der Waals surface area contributed by atoms with E-state index in [4.69, 9.17) is 5.26 Å². The lowest BCUT2D eigenvalue weighted by atomic mass is 9.96.